The average molecular weight is 325 g/mol. The van der Waals surface area contributed by atoms with E-state index in [-0.39, 0.29) is 24.1 Å². The Morgan fingerprint density at radius 3 is 2.79 bits per heavy atom. The van der Waals surface area contributed by atoms with Gasteiger partial charge in [-0.25, -0.2) is 4.99 Å². The van der Waals surface area contributed by atoms with E-state index < -0.39 is 6.29 Å². The van der Waals surface area contributed by atoms with Crippen molar-refractivity contribution in [2.75, 3.05) is 0 Å². The first-order chi connectivity index (χ1) is 11.5. The second kappa shape index (κ2) is 7.99. The smallest absolute Gasteiger partial charge is 0.228 e. The van der Waals surface area contributed by atoms with Gasteiger partial charge in [-0.1, -0.05) is 43.8 Å². The number of nitrogens with zero attached hydrogens (tertiary/aromatic N) is 2. The van der Waals surface area contributed by atoms with Crippen LogP contribution in [-0.4, -0.2) is 17.3 Å². The second-order valence-corrected chi connectivity index (χ2v) is 5.04. The molecule has 124 valence electrons. The van der Waals surface area contributed by atoms with E-state index in [1.165, 1.54) is 6.08 Å². The van der Waals surface area contributed by atoms with Crippen molar-refractivity contribution < 1.29 is 14.6 Å². The summed E-state index contributed by atoms with van der Waals surface area (Å²) in [5, 5.41) is 18.6. The highest BCUT2D eigenvalue weighted by Crippen LogP contribution is 2.26. The van der Waals surface area contributed by atoms with Crippen molar-refractivity contribution in [2.45, 2.75) is 26.2 Å². The molecule has 0 aromatic heterocycles. The third-order valence-corrected chi connectivity index (χ3v) is 3.34. The molecule has 0 radical (unpaired) electrons. The highest BCUT2D eigenvalue weighted by atomic mass is 16.6. The summed E-state index contributed by atoms with van der Waals surface area (Å²) in [6, 6.07) is 11.4. The number of hydrogen-bond acceptors (Lipinski definition) is 6. The maximum absolute atomic E-state index is 9.65. The van der Waals surface area contributed by atoms with E-state index in [4.69, 9.17) is 20.5 Å². The van der Waals surface area contributed by atoms with Gasteiger partial charge in [0.1, 0.15) is 18.4 Å². The Kier molecular flexibility index (Phi) is 5.77. The van der Waals surface area contributed by atoms with Gasteiger partial charge in [0, 0.05) is 0 Å². The van der Waals surface area contributed by atoms with Gasteiger partial charge in [0.15, 0.2) is 0 Å². The van der Waals surface area contributed by atoms with Crippen LogP contribution in [0.3, 0.4) is 0 Å². The summed E-state index contributed by atoms with van der Waals surface area (Å²) in [6.45, 7) is 5.70. The fraction of sp³-hybridized carbons (Fsp3) is 0.222. The Hall–Kier alpha value is -3.04. The minimum absolute atomic E-state index is 0.000554. The number of benzene rings is 1. The minimum atomic E-state index is -1.11. The summed E-state index contributed by atoms with van der Waals surface area (Å²) < 4.78 is 10.9. The van der Waals surface area contributed by atoms with Gasteiger partial charge in [-0.05, 0) is 23.6 Å². The van der Waals surface area contributed by atoms with E-state index in [2.05, 4.69) is 11.6 Å². The summed E-state index contributed by atoms with van der Waals surface area (Å²) in [7, 11) is 0. The molecule has 6 nitrogen and oxygen atoms in total. The average Bonchev–Trinajstić information content (AvgIpc) is 2.59. The molecule has 1 heterocycles. The number of aliphatic imine (C=N–C) groups is 1. The van der Waals surface area contributed by atoms with Crippen LogP contribution in [0.4, 0.5) is 0 Å². The third kappa shape index (κ3) is 4.24. The molecule has 1 aromatic carbocycles. The highest BCUT2D eigenvalue weighted by molar-refractivity contribution is 5.99. The molecule has 1 aliphatic rings. The molecule has 1 unspecified atom stereocenters. The largest absolute Gasteiger partial charge is 0.472 e. The number of hydrogen-bond donors (Lipinski definition) is 2. The zero-order chi connectivity index (χ0) is 17.5. The third-order valence-electron chi connectivity index (χ3n) is 3.34. The van der Waals surface area contributed by atoms with E-state index >= 15 is 0 Å². The molecule has 0 spiro atoms. The van der Waals surface area contributed by atoms with Crippen molar-refractivity contribution >= 4 is 5.90 Å². The van der Waals surface area contributed by atoms with E-state index in [9.17, 15) is 5.11 Å². The van der Waals surface area contributed by atoms with E-state index in [1.807, 2.05) is 43.3 Å². The standard InChI is InChI=1S/C18H19N3O3/c1-3-14-9-15(22)24-17(20)16(14)18(21-12(2)10-19)23-11-13-7-5-4-6-8-13/h4-9,15,22H,2-3,11,20H2,1H3. The zero-order valence-corrected chi connectivity index (χ0v) is 13.4. The maximum Gasteiger partial charge on any atom is 0.228 e. The summed E-state index contributed by atoms with van der Waals surface area (Å²) in [5.74, 6) is 0.141. The Morgan fingerprint density at radius 2 is 2.17 bits per heavy atom. The lowest BCUT2D eigenvalue weighted by molar-refractivity contribution is -0.0320. The molecule has 0 fully saturated rings. The number of nitriles is 1. The van der Waals surface area contributed by atoms with Crippen LogP contribution < -0.4 is 5.73 Å². The van der Waals surface area contributed by atoms with Crippen molar-refractivity contribution in [2.24, 2.45) is 10.7 Å². The van der Waals surface area contributed by atoms with Gasteiger partial charge >= 0.3 is 0 Å². The first kappa shape index (κ1) is 17.3. The first-order valence-electron chi connectivity index (χ1n) is 7.45. The van der Waals surface area contributed by atoms with Crippen LogP contribution in [0.1, 0.15) is 18.9 Å². The minimum Gasteiger partial charge on any atom is -0.472 e. The Morgan fingerprint density at radius 1 is 1.46 bits per heavy atom. The number of aliphatic hydroxyl groups excluding tert-OH is 1. The van der Waals surface area contributed by atoms with Gasteiger partial charge < -0.3 is 20.3 Å². The molecule has 6 heteroatoms. The quantitative estimate of drug-likeness (QED) is 0.492. The molecule has 0 bridgehead atoms. The van der Waals surface area contributed by atoms with Gasteiger partial charge in [0.25, 0.3) is 0 Å². The molecule has 1 atom stereocenters. The van der Waals surface area contributed by atoms with Gasteiger partial charge in [-0.2, -0.15) is 5.26 Å². The van der Waals surface area contributed by atoms with Crippen LogP contribution in [-0.2, 0) is 16.1 Å². The Balaban J connectivity index is 2.34. The highest BCUT2D eigenvalue weighted by Gasteiger charge is 2.25. The molecule has 1 aliphatic heterocycles. The van der Waals surface area contributed by atoms with E-state index in [1.54, 1.807) is 0 Å². The maximum atomic E-state index is 9.65. The van der Waals surface area contributed by atoms with Crippen molar-refractivity contribution in [3.63, 3.8) is 0 Å². The SMILES string of the molecule is C=C(C#N)N=C(OCc1ccccc1)C1=C(N)OC(O)C=C1CC. The normalized spacial score (nSPS) is 17.6. The number of nitrogens with two attached hydrogens (primary N) is 1. The summed E-state index contributed by atoms with van der Waals surface area (Å²) in [5.41, 5.74) is 7.98. The van der Waals surface area contributed by atoms with Crippen LogP contribution in [0.25, 0.3) is 0 Å². The van der Waals surface area contributed by atoms with Crippen molar-refractivity contribution in [1.82, 2.24) is 0 Å². The molecule has 24 heavy (non-hydrogen) atoms. The number of allylic oxidation sites excluding steroid dienone is 1. The molecule has 0 saturated heterocycles. The molecule has 0 amide bonds. The topological polar surface area (TPSA) is 101 Å². The predicted octanol–water partition coefficient (Wildman–Crippen LogP) is 2.49. The summed E-state index contributed by atoms with van der Waals surface area (Å²) in [6.07, 6.45) is 1.00. The van der Waals surface area contributed by atoms with Crippen molar-refractivity contribution in [1.29, 1.82) is 5.26 Å². The van der Waals surface area contributed by atoms with Crippen LogP contribution >= 0.6 is 0 Å². The van der Waals surface area contributed by atoms with Gasteiger partial charge in [0.2, 0.25) is 18.1 Å². The van der Waals surface area contributed by atoms with Crippen LogP contribution in [0.2, 0.25) is 0 Å². The van der Waals surface area contributed by atoms with Crippen LogP contribution in [0, 0.1) is 11.3 Å². The van der Waals surface area contributed by atoms with Gasteiger partial charge in [0.05, 0.1) is 5.57 Å². The van der Waals surface area contributed by atoms with Gasteiger partial charge in [-0.15, -0.1) is 0 Å². The molecule has 0 aliphatic carbocycles. The molecule has 3 N–H and O–H groups in total. The fourth-order valence-corrected chi connectivity index (χ4v) is 2.21. The molecular weight excluding hydrogens is 306 g/mol. The number of aliphatic hydroxyl groups is 1. The zero-order valence-electron chi connectivity index (χ0n) is 13.4. The first-order valence-corrected chi connectivity index (χ1v) is 7.45. The second-order valence-electron chi connectivity index (χ2n) is 5.04. The van der Waals surface area contributed by atoms with Gasteiger partial charge in [-0.3, -0.25) is 0 Å². The lowest BCUT2D eigenvalue weighted by Gasteiger charge is -2.23. The monoisotopic (exact) mass is 325 g/mol. The number of rotatable bonds is 5. The van der Waals surface area contributed by atoms with Crippen LogP contribution in [0.5, 0.6) is 0 Å². The Labute approximate surface area is 140 Å². The fourth-order valence-electron chi connectivity index (χ4n) is 2.21. The van der Waals surface area contributed by atoms with E-state index in [0.717, 1.165) is 11.1 Å². The lowest BCUT2D eigenvalue weighted by atomic mass is 10.0. The molecular formula is C18H19N3O3. The Bertz CT molecular complexity index is 743. The molecule has 0 saturated carbocycles. The van der Waals surface area contributed by atoms with E-state index in [0.29, 0.717) is 12.0 Å². The summed E-state index contributed by atoms with van der Waals surface area (Å²) in [4.78, 5) is 4.11. The van der Waals surface area contributed by atoms with Crippen molar-refractivity contribution in [3.05, 3.63) is 71.3 Å². The predicted molar refractivity (Wildman–Crippen MR) is 90.1 cm³/mol. The van der Waals surface area contributed by atoms with Crippen LogP contribution in [0.15, 0.2) is 70.7 Å². The van der Waals surface area contributed by atoms with Crippen molar-refractivity contribution in [3.8, 4) is 6.07 Å². The molecule has 1 aromatic rings. The molecule has 2 rings (SSSR count). The lowest BCUT2D eigenvalue weighted by Crippen LogP contribution is -2.26. The summed E-state index contributed by atoms with van der Waals surface area (Å²) >= 11 is 0. The number of ether oxygens (including phenoxy) is 2.